The Balaban J connectivity index is 1.28. The quantitative estimate of drug-likeness (QED) is 0.481. The van der Waals surface area contributed by atoms with Gasteiger partial charge in [0.1, 0.15) is 11.7 Å². The largest absolute Gasteiger partial charge is 0.378 e. The third-order valence-corrected chi connectivity index (χ3v) is 6.50. The maximum atomic E-state index is 14.9. The van der Waals surface area contributed by atoms with Crippen molar-refractivity contribution in [3.8, 4) is 11.3 Å². The smallest absolute Gasteiger partial charge is 0.243 e. The Hall–Kier alpha value is -3.37. The molecular formula is C23H25FN8O. The predicted molar refractivity (Wildman–Crippen MR) is 124 cm³/mol. The lowest BCUT2D eigenvalue weighted by Crippen LogP contribution is -2.57. The summed E-state index contributed by atoms with van der Waals surface area (Å²) in [5.41, 5.74) is 4.22. The molecule has 4 aromatic heterocycles. The Morgan fingerprint density at radius 2 is 2.03 bits per heavy atom. The molecule has 33 heavy (non-hydrogen) atoms. The van der Waals surface area contributed by atoms with E-state index in [-0.39, 0.29) is 6.04 Å². The summed E-state index contributed by atoms with van der Waals surface area (Å²) in [5.74, 6) is 1.05. The van der Waals surface area contributed by atoms with Crippen LogP contribution in [0.25, 0.3) is 27.8 Å². The molecule has 9 nitrogen and oxygen atoms in total. The first-order valence-corrected chi connectivity index (χ1v) is 11.2. The third kappa shape index (κ3) is 3.65. The van der Waals surface area contributed by atoms with Crippen LogP contribution in [-0.2, 0) is 4.74 Å². The van der Waals surface area contributed by atoms with E-state index in [1.54, 1.807) is 10.7 Å². The second-order valence-corrected chi connectivity index (χ2v) is 8.54. The lowest BCUT2D eigenvalue weighted by molar-refractivity contribution is -0.0794. The van der Waals surface area contributed by atoms with E-state index >= 15 is 0 Å². The van der Waals surface area contributed by atoms with Crippen LogP contribution in [-0.4, -0.2) is 81.1 Å². The van der Waals surface area contributed by atoms with Crippen LogP contribution < -0.4 is 10.6 Å². The summed E-state index contributed by atoms with van der Waals surface area (Å²) in [6, 6.07) is 9.72. The fourth-order valence-corrected chi connectivity index (χ4v) is 4.60. The van der Waals surface area contributed by atoms with Crippen molar-refractivity contribution in [2.45, 2.75) is 24.7 Å². The van der Waals surface area contributed by atoms with Crippen LogP contribution in [0.1, 0.15) is 6.42 Å². The number of ether oxygens (including phenoxy) is 1. The minimum absolute atomic E-state index is 0.325. The summed E-state index contributed by atoms with van der Waals surface area (Å²) in [7, 11) is 1.82. The minimum Gasteiger partial charge on any atom is -0.378 e. The van der Waals surface area contributed by atoms with Crippen molar-refractivity contribution in [3.63, 3.8) is 0 Å². The minimum atomic E-state index is -0.993. The van der Waals surface area contributed by atoms with E-state index in [1.807, 2.05) is 43.6 Å². The van der Waals surface area contributed by atoms with Crippen molar-refractivity contribution < 1.29 is 9.13 Å². The van der Waals surface area contributed by atoms with Gasteiger partial charge in [0, 0.05) is 38.1 Å². The highest BCUT2D eigenvalue weighted by atomic mass is 19.1. The second-order valence-electron chi connectivity index (χ2n) is 8.54. The van der Waals surface area contributed by atoms with E-state index in [0.717, 1.165) is 34.4 Å². The Morgan fingerprint density at radius 3 is 2.82 bits per heavy atom. The van der Waals surface area contributed by atoms with Gasteiger partial charge in [0.25, 0.3) is 0 Å². The summed E-state index contributed by atoms with van der Waals surface area (Å²) < 4.78 is 21.9. The molecule has 2 aliphatic rings. The Kier molecular flexibility index (Phi) is 5.03. The van der Waals surface area contributed by atoms with Crippen LogP contribution >= 0.6 is 0 Å². The molecule has 2 atom stereocenters. The molecule has 6 heterocycles. The standard InChI is InChI=1S/C23H25FN8O/c1-25-22-21-15(17-4-5-19-20(27-17)3-2-8-26-19)6-10-32(21)30-23(29-22)28-18-7-9-31(11-16(18)24)14-12-33-13-14/h2-6,8,10,14,16,18H,7,9,11-13H2,1H3,(H2,25,28,29,30)/t16-,18+/m1/s1. The molecule has 0 spiro atoms. The fraction of sp³-hybridized carbons (Fsp3) is 0.391. The van der Waals surface area contributed by atoms with Gasteiger partial charge in [0.2, 0.25) is 5.95 Å². The maximum absolute atomic E-state index is 14.9. The number of halogens is 1. The molecule has 0 saturated carbocycles. The van der Waals surface area contributed by atoms with Gasteiger partial charge in [-0.2, -0.15) is 4.98 Å². The number of likely N-dealkylation sites (tertiary alicyclic amines) is 1. The van der Waals surface area contributed by atoms with Crippen molar-refractivity contribution >= 4 is 28.3 Å². The molecule has 2 fully saturated rings. The average Bonchev–Trinajstić information content (AvgIpc) is 3.23. The van der Waals surface area contributed by atoms with Crippen molar-refractivity contribution in [2.75, 3.05) is 44.0 Å². The van der Waals surface area contributed by atoms with Gasteiger partial charge >= 0.3 is 0 Å². The van der Waals surface area contributed by atoms with E-state index in [4.69, 9.17) is 9.72 Å². The highest BCUT2D eigenvalue weighted by Crippen LogP contribution is 2.30. The van der Waals surface area contributed by atoms with Crippen LogP contribution in [0.4, 0.5) is 16.2 Å². The topological polar surface area (TPSA) is 92.5 Å². The highest BCUT2D eigenvalue weighted by molar-refractivity contribution is 5.89. The van der Waals surface area contributed by atoms with Gasteiger partial charge in [-0.3, -0.25) is 9.88 Å². The van der Waals surface area contributed by atoms with Gasteiger partial charge in [-0.05, 0) is 36.8 Å². The Bertz CT molecular complexity index is 1310. The van der Waals surface area contributed by atoms with Crippen molar-refractivity contribution in [1.29, 1.82) is 0 Å². The predicted octanol–water partition coefficient (Wildman–Crippen LogP) is 2.60. The molecule has 0 aromatic carbocycles. The Morgan fingerprint density at radius 1 is 1.12 bits per heavy atom. The Labute approximate surface area is 190 Å². The van der Waals surface area contributed by atoms with E-state index in [1.165, 1.54) is 0 Å². The first-order chi connectivity index (χ1) is 16.2. The average molecular weight is 449 g/mol. The van der Waals surface area contributed by atoms with Gasteiger partial charge in [0.15, 0.2) is 5.82 Å². The molecule has 6 rings (SSSR count). The summed E-state index contributed by atoms with van der Waals surface area (Å²) in [4.78, 5) is 15.9. The molecule has 0 aliphatic carbocycles. The van der Waals surface area contributed by atoms with Gasteiger partial charge in [-0.15, -0.1) is 5.10 Å². The van der Waals surface area contributed by atoms with Gasteiger partial charge in [0.05, 0.1) is 42.0 Å². The first-order valence-electron chi connectivity index (χ1n) is 11.2. The number of fused-ring (bicyclic) bond motifs is 2. The van der Waals surface area contributed by atoms with Crippen molar-refractivity contribution in [3.05, 3.63) is 42.7 Å². The molecule has 0 radical (unpaired) electrons. The lowest BCUT2D eigenvalue weighted by atomic mass is 10.0. The molecule has 2 saturated heterocycles. The van der Waals surface area contributed by atoms with E-state index < -0.39 is 6.17 Å². The molecule has 0 unspecified atom stereocenters. The maximum Gasteiger partial charge on any atom is 0.243 e. The van der Waals surface area contributed by atoms with E-state index in [9.17, 15) is 4.39 Å². The number of hydrogen-bond acceptors (Lipinski definition) is 8. The number of piperidine rings is 1. The van der Waals surface area contributed by atoms with Crippen LogP contribution in [0.2, 0.25) is 0 Å². The number of aromatic nitrogens is 5. The van der Waals surface area contributed by atoms with Crippen LogP contribution in [0.5, 0.6) is 0 Å². The summed E-state index contributed by atoms with van der Waals surface area (Å²) in [5, 5.41) is 11.0. The van der Waals surface area contributed by atoms with Gasteiger partial charge < -0.3 is 15.4 Å². The zero-order valence-electron chi connectivity index (χ0n) is 18.3. The molecule has 0 amide bonds. The van der Waals surface area contributed by atoms with Crippen molar-refractivity contribution in [1.82, 2.24) is 29.5 Å². The van der Waals surface area contributed by atoms with Gasteiger partial charge in [-0.25, -0.2) is 13.9 Å². The molecule has 10 heteroatoms. The van der Waals surface area contributed by atoms with Crippen molar-refractivity contribution in [2.24, 2.45) is 0 Å². The van der Waals surface area contributed by atoms with E-state index in [2.05, 4.69) is 30.6 Å². The van der Waals surface area contributed by atoms with Crippen LogP contribution in [0.15, 0.2) is 42.7 Å². The fourth-order valence-electron chi connectivity index (χ4n) is 4.60. The summed E-state index contributed by atoms with van der Waals surface area (Å²) >= 11 is 0. The SMILES string of the molecule is CNc1nc(N[C@H]2CCN(C3COC3)C[C@H]2F)nn2ccc(-c3ccc4ncccc4n3)c12. The normalized spacial score (nSPS) is 21.9. The second kappa shape index (κ2) is 8.20. The van der Waals surface area contributed by atoms with Crippen LogP contribution in [0.3, 0.4) is 0 Å². The molecule has 170 valence electrons. The lowest BCUT2D eigenvalue weighted by Gasteiger charge is -2.42. The van der Waals surface area contributed by atoms with Gasteiger partial charge in [-0.1, -0.05) is 0 Å². The number of rotatable bonds is 5. The number of pyridine rings is 2. The monoisotopic (exact) mass is 448 g/mol. The summed E-state index contributed by atoms with van der Waals surface area (Å²) in [6.45, 7) is 2.65. The number of nitrogens with one attached hydrogen (secondary N) is 2. The van der Waals surface area contributed by atoms with Crippen LogP contribution in [0, 0.1) is 0 Å². The number of nitrogens with zero attached hydrogens (tertiary/aromatic N) is 6. The molecule has 2 N–H and O–H groups in total. The zero-order chi connectivity index (χ0) is 22.4. The molecule has 4 aromatic rings. The number of alkyl halides is 1. The highest BCUT2D eigenvalue weighted by Gasteiger charge is 2.35. The molecule has 2 aliphatic heterocycles. The first kappa shape index (κ1) is 20.3. The number of anilines is 2. The number of hydrogen-bond donors (Lipinski definition) is 2. The third-order valence-electron chi connectivity index (χ3n) is 6.50. The zero-order valence-corrected chi connectivity index (χ0v) is 18.3. The summed E-state index contributed by atoms with van der Waals surface area (Å²) in [6.07, 6.45) is 3.33. The molecular weight excluding hydrogens is 423 g/mol. The molecule has 0 bridgehead atoms. The van der Waals surface area contributed by atoms with E-state index in [0.29, 0.717) is 44.0 Å².